The van der Waals surface area contributed by atoms with Crippen LogP contribution in [0.15, 0.2) is 0 Å². The zero-order valence-electron chi connectivity index (χ0n) is 9.74. The molecule has 0 amide bonds. The molecule has 2 fully saturated rings. The topological polar surface area (TPSA) is 32.3 Å². The van der Waals surface area contributed by atoms with Crippen LogP contribution in [0, 0.1) is 0 Å². The van der Waals surface area contributed by atoms with Crippen LogP contribution in [0.4, 0.5) is 0 Å². The molecular formula is C11H22N2OS. The van der Waals surface area contributed by atoms with E-state index < -0.39 is 10.8 Å². The van der Waals surface area contributed by atoms with Gasteiger partial charge in [0.05, 0.1) is 0 Å². The molecule has 2 aliphatic heterocycles. The minimum atomic E-state index is -0.637. The molecule has 3 atom stereocenters. The van der Waals surface area contributed by atoms with E-state index >= 15 is 0 Å². The molecule has 15 heavy (non-hydrogen) atoms. The molecule has 4 heteroatoms. The predicted octanol–water partition coefficient (Wildman–Crippen LogP) is 0.580. The highest BCUT2D eigenvalue weighted by molar-refractivity contribution is 7.84. The summed E-state index contributed by atoms with van der Waals surface area (Å²) in [7, 11) is 1.43. The van der Waals surface area contributed by atoms with Gasteiger partial charge in [-0.25, -0.2) is 0 Å². The fourth-order valence-electron chi connectivity index (χ4n) is 3.11. The van der Waals surface area contributed by atoms with Crippen molar-refractivity contribution in [2.75, 3.05) is 25.6 Å². The number of fused-ring (bicyclic) bond motifs is 2. The van der Waals surface area contributed by atoms with E-state index in [9.17, 15) is 4.21 Å². The third kappa shape index (κ3) is 2.60. The van der Waals surface area contributed by atoms with Crippen LogP contribution >= 0.6 is 0 Å². The van der Waals surface area contributed by atoms with Crippen molar-refractivity contribution in [2.24, 2.45) is 0 Å². The molecule has 0 radical (unpaired) electrons. The summed E-state index contributed by atoms with van der Waals surface area (Å²) in [4.78, 5) is 2.61. The molecule has 88 valence electrons. The van der Waals surface area contributed by atoms with Gasteiger partial charge in [-0.15, -0.1) is 0 Å². The molecule has 2 bridgehead atoms. The third-order valence-corrected chi connectivity index (χ3v) is 4.69. The first-order chi connectivity index (χ1) is 7.20. The molecule has 2 saturated heterocycles. The predicted molar refractivity (Wildman–Crippen MR) is 64.5 cm³/mol. The van der Waals surface area contributed by atoms with E-state index in [-0.39, 0.29) is 0 Å². The number of nitrogens with one attached hydrogen (secondary N) is 1. The van der Waals surface area contributed by atoms with Crippen LogP contribution in [0.3, 0.4) is 0 Å². The number of rotatable bonds is 4. The Balaban J connectivity index is 1.90. The molecule has 1 N–H and O–H groups in total. The fourth-order valence-corrected chi connectivity index (χ4v) is 3.58. The van der Waals surface area contributed by atoms with Gasteiger partial charge in [0.15, 0.2) is 0 Å². The van der Waals surface area contributed by atoms with Gasteiger partial charge in [-0.1, -0.05) is 0 Å². The van der Waals surface area contributed by atoms with Crippen molar-refractivity contribution in [3.05, 3.63) is 0 Å². The number of nitrogens with zero attached hydrogens (tertiary/aromatic N) is 1. The lowest BCUT2D eigenvalue weighted by molar-refractivity contribution is 0.127. The molecule has 3 unspecified atom stereocenters. The lowest BCUT2D eigenvalue weighted by Crippen LogP contribution is -2.49. The second kappa shape index (κ2) is 4.93. The summed E-state index contributed by atoms with van der Waals surface area (Å²) in [6.45, 7) is 1.04. The smallest absolute Gasteiger partial charge is 0.0359 e. The van der Waals surface area contributed by atoms with Crippen LogP contribution in [0.2, 0.25) is 0 Å². The number of hydrogen-bond donors (Lipinski definition) is 1. The fraction of sp³-hybridized carbons (Fsp3) is 1.00. The maximum Gasteiger partial charge on any atom is 0.0359 e. The Kier molecular flexibility index (Phi) is 3.80. The van der Waals surface area contributed by atoms with Crippen molar-refractivity contribution in [1.82, 2.24) is 10.2 Å². The zero-order valence-corrected chi connectivity index (χ0v) is 10.6. The molecule has 2 rings (SSSR count). The van der Waals surface area contributed by atoms with E-state index in [1.54, 1.807) is 0 Å². The van der Waals surface area contributed by atoms with Gasteiger partial charge in [0.2, 0.25) is 0 Å². The van der Waals surface area contributed by atoms with Crippen LogP contribution in [0.25, 0.3) is 0 Å². The van der Waals surface area contributed by atoms with Gasteiger partial charge >= 0.3 is 0 Å². The summed E-state index contributed by atoms with van der Waals surface area (Å²) in [6, 6.07) is 2.22. The molecule has 0 saturated carbocycles. The van der Waals surface area contributed by atoms with Crippen molar-refractivity contribution in [3.63, 3.8) is 0 Å². The molecule has 0 aliphatic carbocycles. The Labute approximate surface area is 95.1 Å². The standard InChI is InChI=1S/C11H22N2OS/c1-12-9-7-10-3-4-11(8-9)13(10)5-6-15(2)14/h9-12H,3-8H2,1-2H3. The minimum Gasteiger partial charge on any atom is -0.317 e. The van der Waals surface area contributed by atoms with Crippen molar-refractivity contribution < 1.29 is 4.21 Å². The van der Waals surface area contributed by atoms with Gasteiger partial charge in [-0.05, 0) is 32.7 Å². The van der Waals surface area contributed by atoms with Crippen LogP contribution < -0.4 is 5.32 Å². The van der Waals surface area contributed by atoms with Crippen molar-refractivity contribution in [1.29, 1.82) is 0 Å². The maximum atomic E-state index is 11.1. The third-order valence-electron chi connectivity index (χ3n) is 3.93. The van der Waals surface area contributed by atoms with Crippen LogP contribution in [0.1, 0.15) is 25.7 Å². The molecule has 0 aromatic carbocycles. The lowest BCUT2D eigenvalue weighted by atomic mass is 9.98. The van der Waals surface area contributed by atoms with Gasteiger partial charge in [0, 0.05) is 47.5 Å². The van der Waals surface area contributed by atoms with Gasteiger partial charge in [-0.3, -0.25) is 9.11 Å². The van der Waals surface area contributed by atoms with E-state index in [1.807, 2.05) is 6.26 Å². The first-order valence-corrected chi connectivity index (χ1v) is 7.66. The quantitative estimate of drug-likeness (QED) is 0.767. The summed E-state index contributed by atoms with van der Waals surface area (Å²) in [5, 5.41) is 3.40. The summed E-state index contributed by atoms with van der Waals surface area (Å²) in [5.74, 6) is 0.844. The molecule has 0 aromatic rings. The Bertz CT molecular complexity index is 233. The molecular weight excluding hydrogens is 208 g/mol. The van der Waals surface area contributed by atoms with E-state index in [2.05, 4.69) is 17.3 Å². The molecule has 2 heterocycles. The Hall–Kier alpha value is 0.0700. The highest BCUT2D eigenvalue weighted by Gasteiger charge is 2.39. The Morgan fingerprint density at radius 1 is 1.33 bits per heavy atom. The maximum absolute atomic E-state index is 11.1. The largest absolute Gasteiger partial charge is 0.317 e. The Morgan fingerprint density at radius 2 is 1.93 bits per heavy atom. The van der Waals surface area contributed by atoms with Gasteiger partial charge in [0.1, 0.15) is 0 Å². The minimum absolute atomic E-state index is 0.637. The molecule has 2 aliphatic rings. The van der Waals surface area contributed by atoms with Gasteiger partial charge < -0.3 is 5.32 Å². The van der Waals surface area contributed by atoms with Crippen molar-refractivity contribution in [3.8, 4) is 0 Å². The lowest BCUT2D eigenvalue weighted by Gasteiger charge is -2.38. The first-order valence-electron chi connectivity index (χ1n) is 5.93. The van der Waals surface area contributed by atoms with Gasteiger partial charge in [0.25, 0.3) is 0 Å². The first kappa shape index (κ1) is 11.6. The van der Waals surface area contributed by atoms with E-state index in [0.717, 1.165) is 24.4 Å². The SMILES string of the molecule is CNC1CC2CCC(C1)N2CCS(C)=O. The van der Waals surface area contributed by atoms with E-state index in [0.29, 0.717) is 6.04 Å². The summed E-state index contributed by atoms with van der Waals surface area (Å²) < 4.78 is 11.1. The second-order valence-corrected chi connectivity index (χ2v) is 6.41. The van der Waals surface area contributed by atoms with E-state index in [1.165, 1.54) is 25.7 Å². The number of hydrogen-bond acceptors (Lipinski definition) is 3. The van der Waals surface area contributed by atoms with Gasteiger partial charge in [-0.2, -0.15) is 0 Å². The van der Waals surface area contributed by atoms with Crippen molar-refractivity contribution in [2.45, 2.75) is 43.8 Å². The zero-order chi connectivity index (χ0) is 10.8. The van der Waals surface area contributed by atoms with E-state index in [4.69, 9.17) is 0 Å². The molecule has 0 spiro atoms. The summed E-state index contributed by atoms with van der Waals surface area (Å²) in [6.07, 6.45) is 7.06. The second-order valence-electron chi connectivity index (χ2n) is 4.86. The molecule has 0 aromatic heterocycles. The Morgan fingerprint density at radius 3 is 2.40 bits per heavy atom. The summed E-state index contributed by atoms with van der Waals surface area (Å²) in [5.41, 5.74) is 0. The van der Waals surface area contributed by atoms with Crippen molar-refractivity contribution >= 4 is 10.8 Å². The highest BCUT2D eigenvalue weighted by Crippen LogP contribution is 2.35. The normalized spacial score (nSPS) is 38.1. The van der Waals surface area contributed by atoms with Crippen LogP contribution in [-0.4, -0.2) is 52.8 Å². The monoisotopic (exact) mass is 230 g/mol. The highest BCUT2D eigenvalue weighted by atomic mass is 32.2. The summed E-state index contributed by atoms with van der Waals surface area (Å²) >= 11 is 0. The average molecular weight is 230 g/mol. The average Bonchev–Trinajstić information content (AvgIpc) is 2.46. The molecule has 3 nitrogen and oxygen atoms in total. The number of piperidine rings is 1. The van der Waals surface area contributed by atoms with Crippen LogP contribution in [0.5, 0.6) is 0 Å². The van der Waals surface area contributed by atoms with Crippen LogP contribution in [-0.2, 0) is 10.8 Å².